The van der Waals surface area contributed by atoms with E-state index >= 15 is 0 Å². The number of hydrogen-bond donors (Lipinski definition) is 0. The summed E-state index contributed by atoms with van der Waals surface area (Å²) in [6.07, 6.45) is 0. The van der Waals surface area contributed by atoms with Crippen LogP contribution in [-0.4, -0.2) is 20.0 Å². The SMILES string of the molecule is O=c1c2ccccc2c(-c2nnc(SCc3ccc(Cl)c(Cl)c3)o2)nn1Cc1ccccc1. The number of thioether (sulfide) groups is 1. The second kappa shape index (κ2) is 9.39. The minimum atomic E-state index is -0.174. The van der Waals surface area contributed by atoms with Crippen LogP contribution in [0, 0.1) is 0 Å². The molecule has 2 heterocycles. The van der Waals surface area contributed by atoms with Crippen molar-refractivity contribution in [1.29, 1.82) is 0 Å². The summed E-state index contributed by atoms with van der Waals surface area (Å²) >= 11 is 13.5. The second-order valence-electron chi connectivity index (χ2n) is 7.25. The van der Waals surface area contributed by atoms with Gasteiger partial charge in [0.25, 0.3) is 16.7 Å². The summed E-state index contributed by atoms with van der Waals surface area (Å²) in [7, 11) is 0. The van der Waals surface area contributed by atoms with Gasteiger partial charge in [-0.1, -0.05) is 89.6 Å². The first kappa shape index (κ1) is 21.7. The number of rotatable bonds is 6. The summed E-state index contributed by atoms with van der Waals surface area (Å²) in [4.78, 5) is 13.0. The van der Waals surface area contributed by atoms with Crippen LogP contribution in [0.25, 0.3) is 22.4 Å². The predicted molar refractivity (Wildman–Crippen MR) is 131 cm³/mol. The van der Waals surface area contributed by atoms with Gasteiger partial charge in [-0.05, 0) is 29.3 Å². The largest absolute Gasteiger partial charge is 0.409 e. The monoisotopic (exact) mass is 494 g/mol. The molecule has 0 bridgehead atoms. The minimum absolute atomic E-state index is 0.174. The van der Waals surface area contributed by atoms with Gasteiger partial charge in [-0.15, -0.1) is 10.2 Å². The van der Waals surface area contributed by atoms with E-state index in [1.54, 1.807) is 12.1 Å². The molecule has 5 aromatic rings. The quantitative estimate of drug-likeness (QED) is 0.265. The van der Waals surface area contributed by atoms with E-state index in [0.717, 1.165) is 11.1 Å². The normalized spacial score (nSPS) is 11.2. The molecule has 3 aromatic carbocycles. The number of fused-ring (bicyclic) bond motifs is 1. The van der Waals surface area contributed by atoms with Gasteiger partial charge in [-0.2, -0.15) is 5.10 Å². The van der Waals surface area contributed by atoms with Crippen LogP contribution in [0.2, 0.25) is 10.0 Å². The Hall–Kier alpha value is -3.13. The highest BCUT2D eigenvalue weighted by molar-refractivity contribution is 7.98. The van der Waals surface area contributed by atoms with Crippen LogP contribution in [0.4, 0.5) is 0 Å². The molecule has 33 heavy (non-hydrogen) atoms. The molecule has 9 heteroatoms. The number of aromatic nitrogens is 4. The van der Waals surface area contributed by atoms with Gasteiger partial charge in [-0.3, -0.25) is 4.79 Å². The van der Waals surface area contributed by atoms with Crippen molar-refractivity contribution in [3.8, 4) is 11.6 Å². The highest BCUT2D eigenvalue weighted by atomic mass is 35.5. The molecule has 0 aliphatic heterocycles. The lowest BCUT2D eigenvalue weighted by molar-refractivity contribution is 0.462. The number of hydrogen-bond acceptors (Lipinski definition) is 6. The molecule has 164 valence electrons. The van der Waals surface area contributed by atoms with Crippen LogP contribution in [0.3, 0.4) is 0 Å². The smallest absolute Gasteiger partial charge is 0.277 e. The molecule has 0 spiro atoms. The molecule has 0 saturated heterocycles. The Morgan fingerprint density at radius 1 is 0.848 bits per heavy atom. The van der Waals surface area contributed by atoms with E-state index in [1.807, 2.05) is 60.7 Å². The Balaban J connectivity index is 1.48. The van der Waals surface area contributed by atoms with Gasteiger partial charge in [0.05, 0.1) is 22.0 Å². The van der Waals surface area contributed by atoms with Crippen molar-refractivity contribution in [3.63, 3.8) is 0 Å². The van der Waals surface area contributed by atoms with Gasteiger partial charge < -0.3 is 4.42 Å². The Labute approximate surface area is 203 Å². The van der Waals surface area contributed by atoms with Gasteiger partial charge in [0.15, 0.2) is 5.69 Å². The molecular formula is C24H16Cl2N4O2S. The maximum absolute atomic E-state index is 13.0. The van der Waals surface area contributed by atoms with Gasteiger partial charge in [0.1, 0.15) is 0 Å². The molecule has 0 radical (unpaired) electrons. The molecular weight excluding hydrogens is 479 g/mol. The zero-order chi connectivity index (χ0) is 22.8. The van der Waals surface area contributed by atoms with E-state index in [9.17, 15) is 4.79 Å². The van der Waals surface area contributed by atoms with E-state index in [2.05, 4.69) is 15.3 Å². The third-order valence-corrected chi connectivity index (χ3v) is 6.63. The summed E-state index contributed by atoms with van der Waals surface area (Å²) < 4.78 is 7.33. The van der Waals surface area contributed by atoms with Crippen molar-refractivity contribution in [1.82, 2.24) is 20.0 Å². The summed E-state index contributed by atoms with van der Waals surface area (Å²) in [5.74, 6) is 0.838. The fourth-order valence-electron chi connectivity index (χ4n) is 3.39. The van der Waals surface area contributed by atoms with Gasteiger partial charge >= 0.3 is 0 Å². The average Bonchev–Trinajstić information content (AvgIpc) is 3.31. The van der Waals surface area contributed by atoms with E-state index < -0.39 is 0 Å². The third-order valence-electron chi connectivity index (χ3n) is 5.00. The summed E-state index contributed by atoms with van der Waals surface area (Å²) in [5.41, 5.74) is 2.24. The van der Waals surface area contributed by atoms with Crippen molar-refractivity contribution in [2.45, 2.75) is 17.5 Å². The first-order chi connectivity index (χ1) is 16.1. The minimum Gasteiger partial charge on any atom is -0.409 e. The fraction of sp³-hybridized carbons (Fsp3) is 0.0833. The lowest BCUT2D eigenvalue weighted by Crippen LogP contribution is -2.24. The Morgan fingerprint density at radius 3 is 2.39 bits per heavy atom. The topological polar surface area (TPSA) is 73.8 Å². The standard InChI is InChI=1S/C24H16Cl2N4O2S/c25-19-11-10-16(12-20(19)26)14-33-24-28-27-22(32-24)21-17-8-4-5-9-18(17)23(31)30(29-21)13-15-6-2-1-3-7-15/h1-12H,13-14H2. The van der Waals surface area contributed by atoms with E-state index in [4.69, 9.17) is 27.6 Å². The maximum Gasteiger partial charge on any atom is 0.277 e. The molecule has 6 nitrogen and oxygen atoms in total. The summed E-state index contributed by atoms with van der Waals surface area (Å²) in [5, 5.41) is 15.5. The van der Waals surface area contributed by atoms with Crippen LogP contribution >= 0.6 is 35.0 Å². The molecule has 0 atom stereocenters. The molecule has 0 unspecified atom stereocenters. The van der Waals surface area contributed by atoms with Crippen LogP contribution in [-0.2, 0) is 12.3 Å². The Bertz CT molecular complexity index is 1500. The van der Waals surface area contributed by atoms with Crippen molar-refractivity contribution in [2.75, 3.05) is 0 Å². The van der Waals surface area contributed by atoms with E-state index in [-0.39, 0.29) is 11.4 Å². The zero-order valence-corrected chi connectivity index (χ0v) is 19.4. The van der Waals surface area contributed by atoms with Crippen molar-refractivity contribution >= 4 is 45.7 Å². The number of nitrogens with zero attached hydrogens (tertiary/aromatic N) is 4. The predicted octanol–water partition coefficient (Wildman–Crippen LogP) is 6.09. The van der Waals surface area contributed by atoms with Crippen LogP contribution in [0.1, 0.15) is 11.1 Å². The molecule has 2 aromatic heterocycles. The lowest BCUT2D eigenvalue weighted by atomic mass is 10.1. The van der Waals surface area contributed by atoms with Crippen molar-refractivity contribution in [2.24, 2.45) is 0 Å². The average molecular weight is 495 g/mol. The van der Waals surface area contributed by atoms with Gasteiger partial charge in [0, 0.05) is 11.1 Å². The second-order valence-corrected chi connectivity index (χ2v) is 8.99. The number of halogens is 2. The number of benzene rings is 3. The van der Waals surface area contributed by atoms with Crippen molar-refractivity contribution in [3.05, 3.63) is 104 Å². The van der Waals surface area contributed by atoms with Gasteiger partial charge in [-0.25, -0.2) is 4.68 Å². The molecule has 0 aliphatic rings. The molecule has 0 amide bonds. The lowest BCUT2D eigenvalue weighted by Gasteiger charge is -2.09. The van der Waals surface area contributed by atoms with E-state index in [1.165, 1.54) is 16.4 Å². The first-order valence-corrected chi connectivity index (χ1v) is 11.8. The Kier molecular flexibility index (Phi) is 6.17. The highest BCUT2D eigenvalue weighted by Crippen LogP contribution is 2.30. The summed E-state index contributed by atoms with van der Waals surface area (Å²) in [6.45, 7) is 0.338. The first-order valence-electron chi connectivity index (χ1n) is 10.0. The maximum atomic E-state index is 13.0. The Morgan fingerprint density at radius 2 is 1.61 bits per heavy atom. The van der Waals surface area contributed by atoms with Crippen LogP contribution in [0.5, 0.6) is 0 Å². The zero-order valence-electron chi connectivity index (χ0n) is 17.1. The highest BCUT2D eigenvalue weighted by Gasteiger charge is 2.18. The molecule has 0 fully saturated rings. The fourth-order valence-corrected chi connectivity index (χ4v) is 4.42. The van der Waals surface area contributed by atoms with E-state index in [0.29, 0.717) is 44.0 Å². The molecule has 0 aliphatic carbocycles. The molecule has 0 saturated carbocycles. The molecule has 5 rings (SSSR count). The summed E-state index contributed by atoms with van der Waals surface area (Å²) in [6, 6.07) is 22.4. The van der Waals surface area contributed by atoms with Crippen molar-refractivity contribution < 1.29 is 4.42 Å². The van der Waals surface area contributed by atoms with Crippen LogP contribution < -0.4 is 5.56 Å². The third kappa shape index (κ3) is 4.66. The van der Waals surface area contributed by atoms with Gasteiger partial charge in [0.2, 0.25) is 0 Å². The van der Waals surface area contributed by atoms with Crippen LogP contribution in [0.15, 0.2) is 87.2 Å². The molecule has 0 N–H and O–H groups in total.